The molecule has 1 aromatic heterocycles. The third kappa shape index (κ3) is 3.73. The van der Waals surface area contributed by atoms with E-state index in [-0.39, 0.29) is 5.91 Å². The van der Waals surface area contributed by atoms with E-state index in [1.807, 2.05) is 31.3 Å². The Hall–Kier alpha value is -2.30. The number of carbonyl (C=O) groups is 1. The molecule has 1 heterocycles. The van der Waals surface area contributed by atoms with Crippen molar-refractivity contribution in [1.29, 1.82) is 0 Å². The highest BCUT2D eigenvalue weighted by molar-refractivity contribution is 5.92. The van der Waals surface area contributed by atoms with E-state index in [2.05, 4.69) is 16.5 Å². The third-order valence-electron chi connectivity index (χ3n) is 4.23. The summed E-state index contributed by atoms with van der Waals surface area (Å²) in [5, 5.41) is 7.41. The molecule has 1 aliphatic carbocycles. The topological polar surface area (TPSA) is 56.1 Å². The van der Waals surface area contributed by atoms with Crippen molar-refractivity contribution in [3.8, 4) is 5.75 Å². The van der Waals surface area contributed by atoms with Gasteiger partial charge in [0.15, 0.2) is 0 Å². The second kappa shape index (κ2) is 6.86. The molecule has 0 saturated heterocycles. The average molecular weight is 313 g/mol. The Morgan fingerprint density at radius 1 is 1.39 bits per heavy atom. The molecule has 1 fully saturated rings. The molecule has 2 aromatic rings. The summed E-state index contributed by atoms with van der Waals surface area (Å²) in [5.74, 6) is 1.42. The van der Waals surface area contributed by atoms with Crippen LogP contribution in [0.4, 0.5) is 0 Å². The fraction of sp³-hybridized carbons (Fsp3) is 0.444. The summed E-state index contributed by atoms with van der Waals surface area (Å²) in [4.78, 5) is 12.3. The predicted molar refractivity (Wildman–Crippen MR) is 88.8 cm³/mol. The SMILES string of the molecule is COc1ccccc1CCCNC(=O)c1cc(C2CC2)nn1C. The lowest BCUT2D eigenvalue weighted by atomic mass is 10.1. The molecular weight excluding hydrogens is 290 g/mol. The molecule has 1 amide bonds. The van der Waals surface area contributed by atoms with Crippen LogP contribution in [-0.2, 0) is 13.5 Å². The number of amides is 1. The lowest BCUT2D eigenvalue weighted by molar-refractivity contribution is 0.0944. The summed E-state index contributed by atoms with van der Waals surface area (Å²) in [6.07, 6.45) is 4.14. The molecule has 122 valence electrons. The lowest BCUT2D eigenvalue weighted by Gasteiger charge is -2.08. The van der Waals surface area contributed by atoms with E-state index in [0.29, 0.717) is 18.2 Å². The molecule has 3 rings (SSSR count). The molecule has 23 heavy (non-hydrogen) atoms. The summed E-state index contributed by atoms with van der Waals surface area (Å²) in [5.41, 5.74) is 2.86. The number of benzene rings is 1. The number of hydrogen-bond acceptors (Lipinski definition) is 3. The van der Waals surface area contributed by atoms with Crippen LogP contribution in [0, 0.1) is 0 Å². The number of ether oxygens (including phenoxy) is 1. The first kappa shape index (κ1) is 15.6. The van der Waals surface area contributed by atoms with Gasteiger partial charge in [0.2, 0.25) is 0 Å². The van der Waals surface area contributed by atoms with Crippen molar-refractivity contribution < 1.29 is 9.53 Å². The van der Waals surface area contributed by atoms with Gasteiger partial charge in [0, 0.05) is 19.5 Å². The zero-order chi connectivity index (χ0) is 16.2. The summed E-state index contributed by atoms with van der Waals surface area (Å²) in [7, 11) is 3.51. The molecule has 1 aromatic carbocycles. The molecule has 0 radical (unpaired) electrons. The number of aromatic nitrogens is 2. The summed E-state index contributed by atoms with van der Waals surface area (Å²) < 4.78 is 7.02. The van der Waals surface area contributed by atoms with Gasteiger partial charge in [-0.05, 0) is 43.4 Å². The number of carbonyl (C=O) groups excluding carboxylic acids is 1. The van der Waals surface area contributed by atoms with Crippen LogP contribution in [0.15, 0.2) is 30.3 Å². The van der Waals surface area contributed by atoms with Crippen molar-refractivity contribution in [1.82, 2.24) is 15.1 Å². The first-order chi connectivity index (χ1) is 11.2. The maximum absolute atomic E-state index is 12.3. The fourth-order valence-electron chi connectivity index (χ4n) is 2.76. The standard InChI is InChI=1S/C18H23N3O2/c1-21-16(12-15(20-21)13-9-10-13)18(22)19-11-5-7-14-6-3-4-8-17(14)23-2/h3-4,6,8,12-13H,5,7,9-11H2,1-2H3,(H,19,22). The zero-order valence-corrected chi connectivity index (χ0v) is 13.7. The molecule has 1 N–H and O–H groups in total. The number of methoxy groups -OCH3 is 1. The number of nitrogens with zero attached hydrogens (tertiary/aromatic N) is 2. The minimum atomic E-state index is -0.0491. The maximum Gasteiger partial charge on any atom is 0.269 e. The number of rotatable bonds is 7. The molecule has 0 bridgehead atoms. The highest BCUT2D eigenvalue weighted by Crippen LogP contribution is 2.39. The van der Waals surface area contributed by atoms with Crippen molar-refractivity contribution in [2.75, 3.05) is 13.7 Å². The first-order valence-electron chi connectivity index (χ1n) is 8.13. The summed E-state index contributed by atoms with van der Waals surface area (Å²) in [6, 6.07) is 9.91. The van der Waals surface area contributed by atoms with E-state index in [4.69, 9.17) is 4.74 Å². The van der Waals surface area contributed by atoms with E-state index in [1.54, 1.807) is 11.8 Å². The monoisotopic (exact) mass is 313 g/mol. The summed E-state index contributed by atoms with van der Waals surface area (Å²) in [6.45, 7) is 0.640. The minimum Gasteiger partial charge on any atom is -0.496 e. The van der Waals surface area contributed by atoms with Crippen molar-refractivity contribution >= 4 is 5.91 Å². The van der Waals surface area contributed by atoms with E-state index < -0.39 is 0 Å². The molecule has 0 unspecified atom stereocenters. The van der Waals surface area contributed by atoms with Crippen LogP contribution in [0.1, 0.15) is 46.9 Å². The Balaban J connectivity index is 1.49. The number of hydrogen-bond donors (Lipinski definition) is 1. The van der Waals surface area contributed by atoms with E-state index in [9.17, 15) is 4.79 Å². The molecule has 0 aliphatic heterocycles. The average Bonchev–Trinajstić information content (AvgIpc) is 3.34. The smallest absolute Gasteiger partial charge is 0.269 e. The van der Waals surface area contributed by atoms with Crippen LogP contribution in [0.25, 0.3) is 0 Å². The molecule has 1 aliphatic rings. The van der Waals surface area contributed by atoms with Crippen molar-refractivity contribution in [2.24, 2.45) is 7.05 Å². The van der Waals surface area contributed by atoms with E-state index in [0.717, 1.165) is 24.3 Å². The number of para-hydroxylation sites is 1. The quantitative estimate of drug-likeness (QED) is 0.800. The molecule has 5 nitrogen and oxygen atoms in total. The Morgan fingerprint density at radius 2 is 2.17 bits per heavy atom. The van der Waals surface area contributed by atoms with Gasteiger partial charge in [-0.25, -0.2) is 0 Å². The first-order valence-corrected chi connectivity index (χ1v) is 8.13. The molecule has 5 heteroatoms. The normalized spacial score (nSPS) is 13.8. The third-order valence-corrected chi connectivity index (χ3v) is 4.23. The van der Waals surface area contributed by atoms with Crippen molar-refractivity contribution in [2.45, 2.75) is 31.6 Å². The minimum absolute atomic E-state index is 0.0491. The Labute approximate surface area is 136 Å². The molecule has 0 atom stereocenters. The van der Waals surface area contributed by atoms with Crippen LogP contribution >= 0.6 is 0 Å². The van der Waals surface area contributed by atoms with Crippen LogP contribution in [-0.4, -0.2) is 29.3 Å². The van der Waals surface area contributed by atoms with Gasteiger partial charge in [-0.1, -0.05) is 18.2 Å². The highest BCUT2D eigenvalue weighted by Gasteiger charge is 2.27. The van der Waals surface area contributed by atoms with Crippen LogP contribution in [0.2, 0.25) is 0 Å². The maximum atomic E-state index is 12.3. The Kier molecular flexibility index (Phi) is 4.65. The van der Waals surface area contributed by atoms with Gasteiger partial charge >= 0.3 is 0 Å². The van der Waals surface area contributed by atoms with Gasteiger partial charge in [0.1, 0.15) is 11.4 Å². The van der Waals surface area contributed by atoms with E-state index in [1.165, 1.54) is 18.4 Å². The van der Waals surface area contributed by atoms with Crippen molar-refractivity contribution in [3.05, 3.63) is 47.3 Å². The van der Waals surface area contributed by atoms with Gasteiger partial charge in [-0.15, -0.1) is 0 Å². The Bertz CT molecular complexity index is 689. The van der Waals surface area contributed by atoms with E-state index >= 15 is 0 Å². The second-order valence-electron chi connectivity index (χ2n) is 6.02. The van der Waals surface area contributed by atoms with Gasteiger partial charge in [0.25, 0.3) is 5.91 Å². The van der Waals surface area contributed by atoms with Gasteiger partial charge < -0.3 is 10.1 Å². The van der Waals surface area contributed by atoms with Crippen LogP contribution in [0.3, 0.4) is 0 Å². The Morgan fingerprint density at radius 3 is 2.91 bits per heavy atom. The lowest BCUT2D eigenvalue weighted by Crippen LogP contribution is -2.26. The van der Waals surface area contributed by atoms with Crippen LogP contribution < -0.4 is 10.1 Å². The molecular formula is C18H23N3O2. The number of nitrogens with one attached hydrogen (secondary N) is 1. The molecule has 1 saturated carbocycles. The summed E-state index contributed by atoms with van der Waals surface area (Å²) >= 11 is 0. The molecule has 0 spiro atoms. The second-order valence-corrected chi connectivity index (χ2v) is 6.02. The highest BCUT2D eigenvalue weighted by atomic mass is 16.5. The number of aryl methyl sites for hydroxylation is 2. The van der Waals surface area contributed by atoms with Crippen LogP contribution in [0.5, 0.6) is 5.75 Å². The van der Waals surface area contributed by atoms with Gasteiger partial charge in [0.05, 0.1) is 12.8 Å². The predicted octanol–water partition coefficient (Wildman–Crippen LogP) is 2.67. The van der Waals surface area contributed by atoms with Crippen molar-refractivity contribution in [3.63, 3.8) is 0 Å². The van der Waals surface area contributed by atoms with Gasteiger partial charge in [-0.2, -0.15) is 5.10 Å². The fourth-order valence-corrected chi connectivity index (χ4v) is 2.76. The van der Waals surface area contributed by atoms with Gasteiger partial charge in [-0.3, -0.25) is 9.48 Å². The zero-order valence-electron chi connectivity index (χ0n) is 13.7. The largest absolute Gasteiger partial charge is 0.496 e.